The maximum atomic E-state index is 12.6. The van der Waals surface area contributed by atoms with Gasteiger partial charge in [-0.15, -0.1) is 0 Å². The third kappa shape index (κ3) is 3.10. The quantitative estimate of drug-likeness (QED) is 0.519. The normalized spacial score (nSPS) is 19.5. The van der Waals surface area contributed by atoms with Crippen LogP contribution in [0.15, 0.2) is 0 Å². The summed E-state index contributed by atoms with van der Waals surface area (Å²) in [5.41, 5.74) is -0.734. The molecule has 1 fully saturated rings. The van der Waals surface area contributed by atoms with Crippen molar-refractivity contribution in [3.05, 3.63) is 0 Å². The summed E-state index contributed by atoms with van der Waals surface area (Å²) >= 11 is 0. The first-order valence-corrected chi connectivity index (χ1v) is 6.96. The van der Waals surface area contributed by atoms with E-state index in [-0.39, 0.29) is 5.78 Å². The van der Waals surface area contributed by atoms with E-state index in [1.807, 2.05) is 13.8 Å². The van der Waals surface area contributed by atoms with Gasteiger partial charge in [0, 0.05) is 6.61 Å². The Morgan fingerprint density at radius 1 is 1.11 bits per heavy atom. The smallest absolute Gasteiger partial charge is 0.316 e. The summed E-state index contributed by atoms with van der Waals surface area (Å²) in [7, 11) is 0. The zero-order valence-electron chi connectivity index (χ0n) is 11.7. The average Bonchev–Trinajstić information content (AvgIpc) is 2.80. The Morgan fingerprint density at radius 3 is 2.17 bits per heavy atom. The lowest BCUT2D eigenvalue weighted by Gasteiger charge is -2.30. The van der Waals surface area contributed by atoms with Gasteiger partial charge < -0.3 is 9.47 Å². The fraction of sp³-hybridized carbons (Fsp3) is 0.857. The van der Waals surface area contributed by atoms with Gasteiger partial charge in [-0.25, -0.2) is 0 Å². The van der Waals surface area contributed by atoms with E-state index in [2.05, 4.69) is 0 Å². The number of rotatable bonds is 7. The lowest BCUT2D eigenvalue weighted by molar-refractivity contribution is -0.161. The van der Waals surface area contributed by atoms with E-state index in [4.69, 9.17) is 9.47 Å². The molecule has 1 rings (SSSR count). The molecule has 1 aliphatic rings. The lowest BCUT2D eigenvalue weighted by atomic mass is 9.85. The Balaban J connectivity index is 2.83. The molecule has 0 aromatic heterocycles. The summed E-state index contributed by atoms with van der Waals surface area (Å²) in [6.07, 6.45) is 3.92. The van der Waals surface area contributed by atoms with Crippen molar-refractivity contribution in [2.75, 3.05) is 13.2 Å². The molecule has 18 heavy (non-hydrogen) atoms. The molecule has 4 nitrogen and oxygen atoms in total. The van der Waals surface area contributed by atoms with Gasteiger partial charge in [0.25, 0.3) is 0 Å². The first-order valence-electron chi connectivity index (χ1n) is 6.96. The largest absolute Gasteiger partial charge is 0.465 e. The van der Waals surface area contributed by atoms with Gasteiger partial charge in [-0.3, -0.25) is 9.59 Å². The van der Waals surface area contributed by atoms with E-state index in [0.29, 0.717) is 19.6 Å². The van der Waals surface area contributed by atoms with E-state index in [1.54, 1.807) is 6.92 Å². The number of hydrogen-bond donors (Lipinski definition) is 0. The monoisotopic (exact) mass is 256 g/mol. The second-order valence-electron chi connectivity index (χ2n) is 4.71. The van der Waals surface area contributed by atoms with E-state index >= 15 is 0 Å². The molecule has 1 atom stereocenters. The lowest BCUT2D eigenvalue weighted by Crippen LogP contribution is -2.45. The van der Waals surface area contributed by atoms with Gasteiger partial charge in [-0.1, -0.05) is 6.92 Å². The van der Waals surface area contributed by atoms with Crippen LogP contribution in [-0.4, -0.2) is 30.6 Å². The molecule has 0 radical (unpaired) electrons. The topological polar surface area (TPSA) is 52.6 Å². The zero-order chi connectivity index (χ0) is 13.6. The van der Waals surface area contributed by atoms with E-state index in [9.17, 15) is 9.59 Å². The highest BCUT2D eigenvalue weighted by Crippen LogP contribution is 2.36. The van der Waals surface area contributed by atoms with Gasteiger partial charge in [-0.05, 0) is 46.0 Å². The van der Waals surface area contributed by atoms with Gasteiger partial charge in [0.05, 0.1) is 6.61 Å². The summed E-state index contributed by atoms with van der Waals surface area (Å²) in [6.45, 7) is 6.30. The first-order chi connectivity index (χ1) is 8.61. The zero-order valence-corrected chi connectivity index (χ0v) is 11.7. The Bertz CT molecular complexity index is 292. The molecule has 1 unspecified atom stereocenters. The minimum atomic E-state index is -0.734. The summed E-state index contributed by atoms with van der Waals surface area (Å²) in [5, 5.41) is 0. The molecule has 104 valence electrons. The van der Waals surface area contributed by atoms with Crippen LogP contribution in [-0.2, 0) is 19.1 Å². The SMILES string of the molecule is CCOC(=O)C(CC)C(=O)C1(OCC)CCCC1. The van der Waals surface area contributed by atoms with Gasteiger partial charge in [0.15, 0.2) is 5.78 Å². The number of ketones is 1. The first kappa shape index (κ1) is 15.2. The molecule has 4 heteroatoms. The third-order valence-electron chi connectivity index (χ3n) is 3.58. The van der Waals surface area contributed by atoms with Crippen LogP contribution in [0.1, 0.15) is 52.9 Å². The van der Waals surface area contributed by atoms with Crippen molar-refractivity contribution in [1.82, 2.24) is 0 Å². The molecule has 1 saturated carbocycles. The van der Waals surface area contributed by atoms with Crippen molar-refractivity contribution in [2.24, 2.45) is 5.92 Å². The second-order valence-corrected chi connectivity index (χ2v) is 4.71. The second kappa shape index (κ2) is 6.88. The molecule has 0 aromatic rings. The van der Waals surface area contributed by atoms with Crippen molar-refractivity contribution in [3.8, 4) is 0 Å². The number of carbonyl (C=O) groups is 2. The fourth-order valence-electron chi connectivity index (χ4n) is 2.70. The minimum Gasteiger partial charge on any atom is -0.465 e. The highest BCUT2D eigenvalue weighted by molar-refractivity contribution is 6.03. The van der Waals surface area contributed by atoms with Crippen LogP contribution >= 0.6 is 0 Å². The molecule has 0 spiro atoms. The predicted octanol–water partition coefficient (Wildman–Crippen LogP) is 2.49. The van der Waals surface area contributed by atoms with Crippen molar-refractivity contribution in [1.29, 1.82) is 0 Å². The van der Waals surface area contributed by atoms with E-state index < -0.39 is 17.5 Å². The predicted molar refractivity (Wildman–Crippen MR) is 68.2 cm³/mol. The van der Waals surface area contributed by atoms with Crippen molar-refractivity contribution < 1.29 is 19.1 Å². The standard InChI is InChI=1S/C14H24O4/c1-4-11(13(16)17-5-2)12(15)14(18-6-3)9-7-8-10-14/h11H,4-10H2,1-3H3. The molecule has 0 heterocycles. The van der Waals surface area contributed by atoms with Gasteiger partial charge in [0.2, 0.25) is 0 Å². The molecule has 0 saturated heterocycles. The summed E-state index contributed by atoms with van der Waals surface area (Å²) in [5.74, 6) is -1.16. The molecule has 1 aliphatic carbocycles. The Labute approximate surface area is 109 Å². The van der Waals surface area contributed by atoms with Crippen LogP contribution < -0.4 is 0 Å². The van der Waals surface area contributed by atoms with Gasteiger partial charge >= 0.3 is 5.97 Å². The van der Waals surface area contributed by atoms with Crippen LogP contribution in [0, 0.1) is 5.92 Å². The number of Topliss-reactive ketones (excluding diaryl/α,β-unsaturated/α-hetero) is 1. The summed E-state index contributed by atoms with van der Waals surface area (Å²) in [4.78, 5) is 24.4. The van der Waals surface area contributed by atoms with E-state index in [1.165, 1.54) is 0 Å². The molecule has 0 bridgehead atoms. The minimum absolute atomic E-state index is 0.0807. The van der Waals surface area contributed by atoms with Crippen LogP contribution in [0.5, 0.6) is 0 Å². The van der Waals surface area contributed by atoms with E-state index in [0.717, 1.165) is 25.7 Å². The number of ether oxygens (including phenoxy) is 2. The molecule has 0 N–H and O–H groups in total. The molecule has 0 amide bonds. The van der Waals surface area contributed by atoms with Crippen LogP contribution in [0.2, 0.25) is 0 Å². The van der Waals surface area contributed by atoms with Gasteiger partial charge in [-0.2, -0.15) is 0 Å². The maximum Gasteiger partial charge on any atom is 0.316 e. The fourth-order valence-corrected chi connectivity index (χ4v) is 2.70. The molecule has 0 aliphatic heterocycles. The molecular weight excluding hydrogens is 232 g/mol. The summed E-state index contributed by atoms with van der Waals surface area (Å²) in [6, 6.07) is 0. The highest BCUT2D eigenvalue weighted by Gasteiger charge is 2.46. The van der Waals surface area contributed by atoms with Crippen LogP contribution in [0.4, 0.5) is 0 Å². The van der Waals surface area contributed by atoms with Crippen molar-refractivity contribution >= 4 is 11.8 Å². The Morgan fingerprint density at radius 2 is 1.72 bits per heavy atom. The number of hydrogen-bond acceptors (Lipinski definition) is 4. The average molecular weight is 256 g/mol. The highest BCUT2D eigenvalue weighted by atomic mass is 16.5. The Kier molecular flexibility index (Phi) is 5.79. The van der Waals surface area contributed by atoms with Gasteiger partial charge in [0.1, 0.15) is 11.5 Å². The third-order valence-corrected chi connectivity index (χ3v) is 3.58. The maximum absolute atomic E-state index is 12.6. The molecule has 0 aromatic carbocycles. The summed E-state index contributed by atoms with van der Waals surface area (Å²) < 4.78 is 10.7. The van der Waals surface area contributed by atoms with Crippen LogP contribution in [0.25, 0.3) is 0 Å². The van der Waals surface area contributed by atoms with Crippen molar-refractivity contribution in [3.63, 3.8) is 0 Å². The molecular formula is C14H24O4. The number of carbonyl (C=O) groups excluding carboxylic acids is 2. The van der Waals surface area contributed by atoms with Crippen molar-refractivity contribution in [2.45, 2.75) is 58.5 Å². The Hall–Kier alpha value is -0.900. The number of esters is 1. The van der Waals surface area contributed by atoms with Crippen LogP contribution in [0.3, 0.4) is 0 Å².